The van der Waals surface area contributed by atoms with Crippen molar-refractivity contribution in [2.24, 2.45) is 0 Å². The molecule has 0 aromatic heterocycles. The van der Waals surface area contributed by atoms with Gasteiger partial charge < -0.3 is 13.9 Å². The van der Waals surface area contributed by atoms with Gasteiger partial charge in [-0.2, -0.15) is 0 Å². The second-order valence-corrected chi connectivity index (χ2v) is 12.4. The third kappa shape index (κ3) is 5.94. The summed E-state index contributed by atoms with van der Waals surface area (Å²) in [4.78, 5) is 0. The van der Waals surface area contributed by atoms with Crippen LogP contribution in [-0.2, 0) is 9.16 Å². The lowest BCUT2D eigenvalue weighted by atomic mass is 10.3. The maximum absolute atomic E-state index is 6.45. The van der Waals surface area contributed by atoms with Crippen molar-refractivity contribution in [2.45, 2.75) is 58.2 Å². The highest BCUT2D eigenvalue weighted by Crippen LogP contribution is 2.42. The second-order valence-electron chi connectivity index (χ2n) is 6.94. The fourth-order valence-electron chi connectivity index (χ4n) is 3.61. The van der Waals surface area contributed by atoms with E-state index in [1.165, 1.54) is 0 Å². The Morgan fingerprint density at radius 2 is 1.26 bits per heavy atom. The number of benzene rings is 1. The van der Waals surface area contributed by atoms with E-state index in [2.05, 4.69) is 41.5 Å². The summed E-state index contributed by atoms with van der Waals surface area (Å²) >= 11 is 0. The molecule has 1 aromatic carbocycles. The minimum atomic E-state index is -1.76. The first-order chi connectivity index (χ1) is 10.9. The average Bonchev–Trinajstić information content (AvgIpc) is 2.50. The summed E-state index contributed by atoms with van der Waals surface area (Å²) in [6.45, 7) is 16.3. The lowest BCUT2D eigenvalue weighted by molar-refractivity contribution is 0.0719. The van der Waals surface area contributed by atoms with E-state index in [1.54, 1.807) is 0 Å². The highest BCUT2D eigenvalue weighted by molar-refractivity contribution is 6.77. The van der Waals surface area contributed by atoms with Crippen LogP contribution in [0.4, 0.5) is 0 Å². The summed E-state index contributed by atoms with van der Waals surface area (Å²) in [7, 11) is -1.76. The van der Waals surface area contributed by atoms with Crippen molar-refractivity contribution in [3.05, 3.63) is 30.3 Å². The van der Waals surface area contributed by atoms with E-state index in [-0.39, 0.29) is 0 Å². The maximum Gasteiger partial charge on any atom is 0.200 e. The molecule has 0 spiro atoms. The van der Waals surface area contributed by atoms with Crippen molar-refractivity contribution in [1.82, 2.24) is 0 Å². The van der Waals surface area contributed by atoms with Gasteiger partial charge in [-0.25, -0.2) is 0 Å². The van der Waals surface area contributed by atoms with E-state index in [4.69, 9.17) is 13.9 Å². The molecule has 0 atom stereocenters. The third-order valence-electron chi connectivity index (χ3n) is 4.53. The molecule has 4 heteroatoms. The van der Waals surface area contributed by atoms with Crippen LogP contribution in [0, 0.1) is 0 Å². The summed E-state index contributed by atoms with van der Waals surface area (Å²) < 4.78 is 17.7. The van der Waals surface area contributed by atoms with Gasteiger partial charge in [0.15, 0.2) is 8.32 Å². The molecule has 0 aliphatic heterocycles. The summed E-state index contributed by atoms with van der Waals surface area (Å²) in [5, 5.41) is 0. The average molecular weight is 339 g/mol. The van der Waals surface area contributed by atoms with Gasteiger partial charge in [-0.3, -0.25) is 0 Å². The van der Waals surface area contributed by atoms with Gasteiger partial charge in [0.25, 0.3) is 0 Å². The van der Waals surface area contributed by atoms with Gasteiger partial charge >= 0.3 is 0 Å². The van der Waals surface area contributed by atoms with Crippen molar-refractivity contribution < 1.29 is 13.9 Å². The predicted octanol–water partition coefficient (Wildman–Crippen LogP) is 5.27. The Kier molecular flexibility index (Phi) is 8.88. The molecule has 0 unspecified atom stereocenters. The Morgan fingerprint density at radius 3 is 1.78 bits per heavy atom. The minimum Gasteiger partial charge on any atom is -0.491 e. The van der Waals surface area contributed by atoms with Gasteiger partial charge in [-0.15, -0.1) is 0 Å². The molecule has 0 saturated heterocycles. The molecule has 0 heterocycles. The van der Waals surface area contributed by atoms with E-state index >= 15 is 0 Å². The zero-order chi connectivity index (χ0) is 17.3. The lowest BCUT2D eigenvalue weighted by Crippen LogP contribution is -2.48. The summed E-state index contributed by atoms with van der Waals surface area (Å²) in [6, 6.07) is 9.83. The van der Waals surface area contributed by atoms with Crippen molar-refractivity contribution in [1.29, 1.82) is 0 Å². The van der Waals surface area contributed by atoms with Crippen LogP contribution >= 0.6 is 0 Å². The first-order valence-electron chi connectivity index (χ1n) is 8.80. The molecule has 0 saturated carbocycles. The van der Waals surface area contributed by atoms with Crippen LogP contribution in [-0.4, -0.2) is 34.7 Å². The standard InChI is InChI=1S/C19H34O3Si/c1-16(2)23(17(3)4,18(5)6)22-15-13-20-12-14-21-19-10-8-7-9-11-19/h7-11,16-18H,12-15H2,1-6H3. The molecule has 3 nitrogen and oxygen atoms in total. The van der Waals surface area contributed by atoms with Gasteiger partial charge in [0, 0.05) is 0 Å². The molecule has 0 bridgehead atoms. The zero-order valence-corrected chi connectivity index (χ0v) is 16.7. The highest BCUT2D eigenvalue weighted by Gasteiger charge is 2.44. The van der Waals surface area contributed by atoms with E-state index in [1.807, 2.05) is 30.3 Å². The third-order valence-corrected chi connectivity index (χ3v) is 10.6. The van der Waals surface area contributed by atoms with E-state index in [0.717, 1.165) is 5.75 Å². The summed E-state index contributed by atoms with van der Waals surface area (Å²) in [6.07, 6.45) is 0. The smallest absolute Gasteiger partial charge is 0.200 e. The highest BCUT2D eigenvalue weighted by atomic mass is 28.4. The Hall–Kier alpha value is -0.843. The van der Waals surface area contributed by atoms with Crippen LogP contribution in [0.2, 0.25) is 16.6 Å². The Morgan fingerprint density at radius 1 is 0.739 bits per heavy atom. The van der Waals surface area contributed by atoms with Crippen LogP contribution in [0.25, 0.3) is 0 Å². The van der Waals surface area contributed by atoms with E-state index in [0.29, 0.717) is 43.1 Å². The van der Waals surface area contributed by atoms with E-state index < -0.39 is 8.32 Å². The largest absolute Gasteiger partial charge is 0.491 e. The molecule has 1 aromatic rings. The Balaban J connectivity index is 2.27. The van der Waals surface area contributed by atoms with Crippen LogP contribution in [0.15, 0.2) is 30.3 Å². The lowest BCUT2D eigenvalue weighted by Gasteiger charge is -2.42. The van der Waals surface area contributed by atoms with Crippen molar-refractivity contribution in [3.8, 4) is 5.75 Å². The molecule has 0 fully saturated rings. The molecule has 0 N–H and O–H groups in total. The number of rotatable bonds is 11. The predicted molar refractivity (Wildman–Crippen MR) is 99.8 cm³/mol. The van der Waals surface area contributed by atoms with Gasteiger partial charge in [-0.05, 0) is 28.8 Å². The normalized spacial score (nSPS) is 12.4. The zero-order valence-electron chi connectivity index (χ0n) is 15.7. The molecule has 0 radical (unpaired) electrons. The van der Waals surface area contributed by atoms with Crippen molar-refractivity contribution in [2.75, 3.05) is 26.4 Å². The van der Waals surface area contributed by atoms with Crippen molar-refractivity contribution in [3.63, 3.8) is 0 Å². The quantitative estimate of drug-likeness (QED) is 0.406. The molecule has 1 rings (SSSR count). The first-order valence-corrected chi connectivity index (χ1v) is 10.9. The summed E-state index contributed by atoms with van der Waals surface area (Å²) in [5.74, 6) is 0.887. The molecule has 23 heavy (non-hydrogen) atoms. The van der Waals surface area contributed by atoms with Crippen LogP contribution in [0.3, 0.4) is 0 Å². The van der Waals surface area contributed by atoms with Gasteiger partial charge in [0.1, 0.15) is 12.4 Å². The fourth-order valence-corrected chi connectivity index (χ4v) is 9.05. The van der Waals surface area contributed by atoms with Gasteiger partial charge in [0.2, 0.25) is 0 Å². The molecule has 0 amide bonds. The van der Waals surface area contributed by atoms with Gasteiger partial charge in [-0.1, -0.05) is 59.7 Å². The monoisotopic (exact) mass is 338 g/mol. The first kappa shape index (κ1) is 20.2. The molecule has 0 aliphatic rings. The van der Waals surface area contributed by atoms with Crippen LogP contribution in [0.1, 0.15) is 41.5 Å². The number of hydrogen-bond donors (Lipinski definition) is 0. The number of para-hydroxylation sites is 1. The Labute approximate surface area is 143 Å². The molecule has 132 valence electrons. The number of hydrogen-bond acceptors (Lipinski definition) is 3. The molecular formula is C19H34O3Si. The summed E-state index contributed by atoms with van der Waals surface area (Å²) in [5.41, 5.74) is 1.84. The van der Waals surface area contributed by atoms with Gasteiger partial charge in [0.05, 0.1) is 19.8 Å². The molecular weight excluding hydrogens is 304 g/mol. The SMILES string of the molecule is CC(C)[Si](OCCOCCOc1ccccc1)(C(C)C)C(C)C. The minimum absolute atomic E-state index is 0.575. The van der Waals surface area contributed by atoms with Crippen molar-refractivity contribution >= 4 is 8.32 Å². The second kappa shape index (κ2) is 10.1. The van der Waals surface area contributed by atoms with Crippen LogP contribution < -0.4 is 4.74 Å². The van der Waals surface area contributed by atoms with E-state index in [9.17, 15) is 0 Å². The van der Waals surface area contributed by atoms with Crippen LogP contribution in [0.5, 0.6) is 5.75 Å². The Bertz CT molecular complexity index is 396. The maximum atomic E-state index is 6.45. The fraction of sp³-hybridized carbons (Fsp3) is 0.684. The topological polar surface area (TPSA) is 27.7 Å². The number of ether oxygens (including phenoxy) is 2. The molecule has 0 aliphatic carbocycles.